The van der Waals surface area contributed by atoms with Gasteiger partial charge in [-0.25, -0.2) is 19.9 Å². The van der Waals surface area contributed by atoms with Crippen molar-refractivity contribution in [2.24, 2.45) is 9.98 Å². The van der Waals surface area contributed by atoms with Crippen molar-refractivity contribution in [1.82, 2.24) is 44.6 Å². The number of aromatic nitrogens is 6. The van der Waals surface area contributed by atoms with Crippen molar-refractivity contribution in [3.05, 3.63) is 178 Å². The van der Waals surface area contributed by atoms with E-state index in [1.807, 2.05) is 57.0 Å². The predicted molar refractivity (Wildman–Crippen MR) is 286 cm³/mol. The maximum atomic E-state index is 9.13. The van der Waals surface area contributed by atoms with Gasteiger partial charge in [0.2, 0.25) is 12.8 Å². The molecule has 18 nitrogen and oxygen atoms in total. The van der Waals surface area contributed by atoms with Crippen LogP contribution in [0.5, 0.6) is 0 Å². The standard InChI is InChI=1S/C25H24N7.C23H20N5.2C2H4NO2.2CH4.2V/c1-30-10-12-31(13-11-30)22-6-4-21(5-7-22)28-24-25-27-8-9-32(25)17-23(29-24)18-2-3-19-15-26-16-20(19)14-18;1-2-3-16-4-8-20(9-5-16)26-22-23-25-10-11-28(23)15-21(27-22)17-6-7-18-13-24-14-19(18)12-17;2*1-5-3-2-4;;;;/h2-9,14-15,17H,1,10-13,16H2,(H,28,29);4-13,15H,1-3,14H2,(H,26,27);2*2H,1H2,(H,3,4);2*1H4;;/q4*-1;;;2*+2. The topological polar surface area (TPSA) is 192 Å². The summed E-state index contributed by atoms with van der Waals surface area (Å²) >= 11 is 0. The molecule has 0 spiro atoms. The molecule has 1 fully saturated rings. The van der Waals surface area contributed by atoms with Crippen LogP contribution in [0.15, 0.2) is 132 Å². The van der Waals surface area contributed by atoms with Crippen LogP contribution >= 0.6 is 0 Å². The van der Waals surface area contributed by atoms with Gasteiger partial charge in [-0.1, -0.05) is 63.2 Å². The van der Waals surface area contributed by atoms with Crippen molar-refractivity contribution in [3.63, 3.8) is 0 Å². The smallest absolute Gasteiger partial charge is 0.456 e. The first kappa shape index (κ1) is 59.4. The Balaban J connectivity index is 0.000000261. The molecule has 11 rings (SSSR count). The first-order valence-electron chi connectivity index (χ1n) is 22.3. The molecule has 4 aromatic heterocycles. The van der Waals surface area contributed by atoms with E-state index in [1.165, 1.54) is 33.5 Å². The number of hydrogen-bond acceptors (Lipinski definition) is 14. The number of anilines is 5. The van der Waals surface area contributed by atoms with Crippen LogP contribution in [0.4, 0.5) is 28.7 Å². The molecule has 0 aliphatic carbocycles. The zero-order valence-electron chi connectivity index (χ0n) is 39.3. The number of imidazole rings is 2. The van der Waals surface area contributed by atoms with Crippen LogP contribution in [-0.4, -0.2) is 85.1 Å². The first-order chi connectivity index (χ1) is 34.4. The van der Waals surface area contributed by atoms with Gasteiger partial charge in [-0.3, -0.25) is 37.6 Å². The molecular weight excluding hydrogens is 1010 g/mol. The third-order valence-electron chi connectivity index (χ3n) is 11.4. The number of amides is 2. The Morgan fingerprint density at radius 1 is 0.622 bits per heavy atom. The minimum Gasteiger partial charge on any atom is -0.456 e. The second kappa shape index (κ2) is 29.5. The third kappa shape index (κ3) is 15.2. The van der Waals surface area contributed by atoms with E-state index in [1.54, 1.807) is 12.4 Å². The summed E-state index contributed by atoms with van der Waals surface area (Å²) < 4.78 is 4.02. The molecule has 2 amide bonds. The Hall–Kier alpha value is -7.15. The fraction of sp³-hybridized carbons (Fsp3) is 0.185. The molecule has 2 radical (unpaired) electrons. The molecule has 3 aliphatic rings. The number of rotatable bonds is 13. The van der Waals surface area contributed by atoms with Gasteiger partial charge in [-0.15, -0.1) is 0 Å². The number of benzene rings is 4. The predicted octanol–water partition coefficient (Wildman–Crippen LogP) is 9.00. The zero-order valence-corrected chi connectivity index (χ0v) is 42.1. The number of aryl methyl sites for hydroxylation is 1. The number of hydrogen-bond donors (Lipinski definition) is 4. The second-order valence-corrected chi connectivity index (χ2v) is 16.0. The molecule has 0 bridgehead atoms. The summed E-state index contributed by atoms with van der Waals surface area (Å²) in [4.78, 5) is 57.9. The molecule has 8 aromatic rings. The summed E-state index contributed by atoms with van der Waals surface area (Å²) in [5.41, 5.74) is 18.5. The molecule has 3 aliphatic heterocycles. The van der Waals surface area contributed by atoms with Crippen LogP contribution in [-0.2, 0) is 75.9 Å². The Bertz CT molecular complexity index is 3070. The van der Waals surface area contributed by atoms with Crippen LogP contribution < -0.4 is 26.5 Å². The number of fused-ring (bicyclic) bond motifs is 4. The van der Waals surface area contributed by atoms with E-state index in [4.69, 9.17) is 19.6 Å². The summed E-state index contributed by atoms with van der Waals surface area (Å²) in [7, 11) is 9.69. The van der Waals surface area contributed by atoms with Gasteiger partial charge in [-0.05, 0) is 83.9 Å². The first-order valence-corrected chi connectivity index (χ1v) is 22.3. The number of hydroxylamine groups is 2. The molecule has 0 atom stereocenters. The SMILES string of the molecule is C.C.[CH2-]CCc1ccc(Nc2nc(-c3ccc4c(c3)CN=C4)cn3ccnc23)cc1.[CH2-]N1CCN(c2ccc(Nc3nc(-c4ccc5c(c4)CN=C5)cn4ccnc34)cc2)CC1.[CH2-]ONC=O.[CH2-]ONC=O.[V+2].[V+2]. The van der Waals surface area contributed by atoms with Gasteiger partial charge in [0.25, 0.3) is 0 Å². The maximum Gasteiger partial charge on any atom is 2.00 e. The fourth-order valence-corrected chi connectivity index (χ4v) is 7.91. The van der Waals surface area contributed by atoms with Gasteiger partial charge in [0.15, 0.2) is 22.9 Å². The molecule has 20 heteroatoms. The molecule has 4 N–H and O–H groups in total. The van der Waals surface area contributed by atoms with E-state index in [0.717, 1.165) is 109 Å². The largest absolute Gasteiger partial charge is 2.00 e. The minimum atomic E-state index is 0. The molecule has 0 unspecified atom stereocenters. The Kier molecular flexibility index (Phi) is 23.7. The van der Waals surface area contributed by atoms with E-state index in [-0.39, 0.29) is 52.0 Å². The van der Waals surface area contributed by atoms with Crippen LogP contribution in [0, 0.1) is 28.2 Å². The summed E-state index contributed by atoms with van der Waals surface area (Å²) in [6.07, 6.45) is 18.1. The molecular formula is C54H60N14O4V2. The van der Waals surface area contributed by atoms with Gasteiger partial charge in [0, 0.05) is 90.9 Å². The maximum absolute atomic E-state index is 9.13. The fourth-order valence-electron chi connectivity index (χ4n) is 7.91. The monoisotopic (exact) mass is 1070 g/mol. The van der Waals surface area contributed by atoms with E-state index >= 15 is 0 Å². The molecule has 380 valence electrons. The Morgan fingerprint density at radius 3 is 1.50 bits per heavy atom. The van der Waals surface area contributed by atoms with Crippen LogP contribution in [0.1, 0.15) is 49.1 Å². The van der Waals surface area contributed by atoms with Crippen LogP contribution in [0.3, 0.4) is 0 Å². The normalized spacial score (nSPS) is 12.5. The summed E-state index contributed by atoms with van der Waals surface area (Å²) in [5, 5.41) is 6.91. The van der Waals surface area contributed by atoms with Crippen molar-refractivity contribution in [2.45, 2.75) is 40.8 Å². The van der Waals surface area contributed by atoms with Crippen molar-refractivity contribution in [1.29, 1.82) is 0 Å². The third-order valence-corrected chi connectivity index (χ3v) is 11.4. The van der Waals surface area contributed by atoms with Gasteiger partial charge in [-0.2, -0.15) is 20.6 Å². The molecule has 7 heterocycles. The van der Waals surface area contributed by atoms with E-state index < -0.39 is 0 Å². The number of piperazine rings is 1. The minimum absolute atomic E-state index is 0. The van der Waals surface area contributed by atoms with Gasteiger partial charge in [0.05, 0.1) is 24.5 Å². The number of carbonyl (C=O) groups excluding carboxylic acids is 2. The van der Waals surface area contributed by atoms with Gasteiger partial charge < -0.3 is 45.8 Å². The second-order valence-electron chi connectivity index (χ2n) is 16.0. The molecule has 0 saturated carbocycles. The van der Waals surface area contributed by atoms with Crippen molar-refractivity contribution in [2.75, 3.05) is 41.7 Å². The van der Waals surface area contributed by atoms with E-state index in [9.17, 15) is 0 Å². The van der Waals surface area contributed by atoms with Crippen molar-refractivity contribution >= 4 is 65.2 Å². The number of nitrogens with zero attached hydrogens (tertiary/aromatic N) is 10. The van der Waals surface area contributed by atoms with Crippen LogP contribution in [0.2, 0.25) is 0 Å². The Labute approximate surface area is 456 Å². The molecule has 4 aromatic carbocycles. The summed E-state index contributed by atoms with van der Waals surface area (Å²) in [6.45, 7) is 9.37. The quantitative estimate of drug-likeness (QED) is 0.0488. The Morgan fingerprint density at radius 2 is 1.08 bits per heavy atom. The van der Waals surface area contributed by atoms with E-state index in [0.29, 0.717) is 12.8 Å². The summed E-state index contributed by atoms with van der Waals surface area (Å²) in [6, 6.07) is 29.7. The van der Waals surface area contributed by atoms with E-state index in [2.05, 4.69) is 163 Å². The number of aliphatic imine (C=N–C) groups is 2. The number of carbonyl (C=O) groups is 2. The van der Waals surface area contributed by atoms with Crippen molar-refractivity contribution in [3.8, 4) is 22.5 Å². The zero-order chi connectivity index (χ0) is 48.7. The van der Waals surface area contributed by atoms with Gasteiger partial charge in [0.1, 0.15) is 0 Å². The molecule has 74 heavy (non-hydrogen) atoms. The molecule has 1 saturated heterocycles. The number of nitrogens with one attached hydrogen (secondary N) is 4. The average molecular weight is 1070 g/mol. The van der Waals surface area contributed by atoms with Gasteiger partial charge >= 0.3 is 37.1 Å². The average Bonchev–Trinajstić information content (AvgIpc) is 4.24. The van der Waals surface area contributed by atoms with Crippen molar-refractivity contribution < 1.29 is 56.4 Å². The summed E-state index contributed by atoms with van der Waals surface area (Å²) in [5.74, 6) is 1.48. The van der Waals surface area contributed by atoms with Crippen LogP contribution in [0.25, 0.3) is 33.8 Å².